The summed E-state index contributed by atoms with van der Waals surface area (Å²) in [5.74, 6) is 0. The van der Waals surface area contributed by atoms with Crippen LogP contribution in [0.3, 0.4) is 0 Å². The zero-order chi connectivity index (χ0) is 8.53. The predicted molar refractivity (Wildman–Crippen MR) is 48.2 cm³/mol. The molecule has 0 aromatic rings. The van der Waals surface area contributed by atoms with E-state index in [1.165, 1.54) is 12.8 Å². The smallest absolute Gasteiger partial charge is 0.100 e. The highest BCUT2D eigenvalue weighted by Crippen LogP contribution is 2.12. The summed E-state index contributed by atoms with van der Waals surface area (Å²) in [6, 6.07) is 0. The Morgan fingerprint density at radius 3 is 2.36 bits per heavy atom. The highest BCUT2D eigenvalue weighted by Gasteiger charge is 2.03. The maximum absolute atomic E-state index is 12.9. The molecule has 0 saturated heterocycles. The van der Waals surface area contributed by atoms with Gasteiger partial charge in [0.05, 0.1) is 0 Å². The van der Waals surface area contributed by atoms with Gasteiger partial charge in [-0.2, -0.15) is 0 Å². The van der Waals surface area contributed by atoms with Crippen LogP contribution in [0, 0.1) is 6.92 Å². The first-order chi connectivity index (χ1) is 5.31. The zero-order valence-electron chi connectivity index (χ0n) is 7.61. The summed E-state index contributed by atoms with van der Waals surface area (Å²) in [6.07, 6.45) is 6.12. The Hall–Kier alpha value is -0.0700. The highest BCUT2D eigenvalue weighted by molar-refractivity contribution is 4.57. The van der Waals surface area contributed by atoms with Crippen LogP contribution in [0.15, 0.2) is 0 Å². The van der Waals surface area contributed by atoms with Gasteiger partial charge in [-0.15, -0.1) is 0 Å². The van der Waals surface area contributed by atoms with Gasteiger partial charge in [-0.25, -0.2) is 4.39 Å². The van der Waals surface area contributed by atoms with E-state index in [0.717, 1.165) is 25.7 Å². The van der Waals surface area contributed by atoms with Crippen LogP contribution < -0.4 is 0 Å². The van der Waals surface area contributed by atoms with Gasteiger partial charge in [0.2, 0.25) is 0 Å². The monoisotopic (exact) mass is 159 g/mol. The van der Waals surface area contributed by atoms with Gasteiger partial charge >= 0.3 is 0 Å². The van der Waals surface area contributed by atoms with Crippen LogP contribution in [0.25, 0.3) is 0 Å². The largest absolute Gasteiger partial charge is 0.247 e. The summed E-state index contributed by atoms with van der Waals surface area (Å²) in [4.78, 5) is 0. The van der Waals surface area contributed by atoms with Crippen molar-refractivity contribution in [2.45, 2.75) is 58.0 Å². The third-order valence-corrected chi connectivity index (χ3v) is 1.89. The second-order valence-corrected chi connectivity index (χ2v) is 3.09. The van der Waals surface area contributed by atoms with Crippen molar-refractivity contribution < 1.29 is 4.39 Å². The predicted octanol–water partition coefficient (Wildman–Crippen LogP) is 3.91. The Balaban J connectivity index is 3.02. The van der Waals surface area contributed by atoms with E-state index in [-0.39, 0.29) is 0 Å². The first-order valence-electron chi connectivity index (χ1n) is 4.74. The lowest BCUT2D eigenvalue weighted by Crippen LogP contribution is -1.99. The molecule has 0 aliphatic carbocycles. The minimum atomic E-state index is -0.566. The second-order valence-electron chi connectivity index (χ2n) is 3.09. The van der Waals surface area contributed by atoms with E-state index in [0.29, 0.717) is 6.42 Å². The Morgan fingerprint density at radius 1 is 1.18 bits per heavy atom. The third kappa shape index (κ3) is 7.83. The van der Waals surface area contributed by atoms with Crippen molar-refractivity contribution >= 4 is 0 Å². The summed E-state index contributed by atoms with van der Waals surface area (Å²) in [5.41, 5.74) is 0. The van der Waals surface area contributed by atoms with Gasteiger partial charge in [0.15, 0.2) is 0 Å². The normalized spacial score (nSPS) is 13.4. The third-order valence-electron chi connectivity index (χ3n) is 1.89. The Kier molecular flexibility index (Phi) is 7.98. The summed E-state index contributed by atoms with van der Waals surface area (Å²) in [5, 5.41) is 0. The molecule has 0 aromatic heterocycles. The van der Waals surface area contributed by atoms with Crippen molar-refractivity contribution in [3.63, 3.8) is 0 Å². The van der Waals surface area contributed by atoms with Crippen molar-refractivity contribution in [3.05, 3.63) is 6.92 Å². The van der Waals surface area contributed by atoms with Crippen molar-refractivity contribution in [1.82, 2.24) is 0 Å². The fourth-order valence-electron chi connectivity index (χ4n) is 1.13. The fourth-order valence-corrected chi connectivity index (χ4v) is 1.13. The van der Waals surface area contributed by atoms with E-state index < -0.39 is 6.17 Å². The summed E-state index contributed by atoms with van der Waals surface area (Å²) >= 11 is 0. The van der Waals surface area contributed by atoms with Gasteiger partial charge in [-0.05, 0) is 12.8 Å². The van der Waals surface area contributed by atoms with Crippen molar-refractivity contribution in [1.29, 1.82) is 0 Å². The maximum atomic E-state index is 12.9. The lowest BCUT2D eigenvalue weighted by atomic mass is 10.1. The molecule has 0 fully saturated rings. The van der Waals surface area contributed by atoms with E-state index in [1.807, 2.05) is 0 Å². The SMILES string of the molecule is [CH2]CCCC(F)CCCCC. The summed E-state index contributed by atoms with van der Waals surface area (Å²) < 4.78 is 12.9. The van der Waals surface area contributed by atoms with E-state index in [9.17, 15) is 4.39 Å². The number of hydrogen-bond acceptors (Lipinski definition) is 0. The molecule has 0 N–H and O–H groups in total. The molecule has 1 radical (unpaired) electrons. The van der Waals surface area contributed by atoms with Crippen LogP contribution >= 0.6 is 0 Å². The van der Waals surface area contributed by atoms with E-state index in [4.69, 9.17) is 0 Å². The molecule has 0 nitrogen and oxygen atoms in total. The highest BCUT2D eigenvalue weighted by atomic mass is 19.1. The Labute approximate surface area is 70.2 Å². The summed E-state index contributed by atoms with van der Waals surface area (Å²) in [6.45, 7) is 5.83. The molecule has 0 bridgehead atoms. The Morgan fingerprint density at radius 2 is 1.82 bits per heavy atom. The first kappa shape index (κ1) is 10.9. The minimum absolute atomic E-state index is 0.566. The topological polar surface area (TPSA) is 0 Å². The molecule has 11 heavy (non-hydrogen) atoms. The zero-order valence-corrected chi connectivity index (χ0v) is 7.61. The number of hydrogen-bond donors (Lipinski definition) is 0. The van der Waals surface area contributed by atoms with Crippen molar-refractivity contribution in [2.24, 2.45) is 0 Å². The molecule has 0 saturated carbocycles. The average Bonchev–Trinajstić information content (AvgIpc) is 2.01. The molecule has 0 heterocycles. The van der Waals surface area contributed by atoms with Crippen LogP contribution in [-0.4, -0.2) is 6.17 Å². The van der Waals surface area contributed by atoms with Crippen LogP contribution in [-0.2, 0) is 0 Å². The first-order valence-corrected chi connectivity index (χ1v) is 4.74. The Bertz CT molecular complexity index is 71.3. The van der Waals surface area contributed by atoms with E-state index >= 15 is 0 Å². The molecule has 1 atom stereocenters. The lowest BCUT2D eigenvalue weighted by Gasteiger charge is -2.05. The maximum Gasteiger partial charge on any atom is 0.100 e. The molecule has 0 rings (SSSR count). The molecule has 1 heteroatoms. The van der Waals surface area contributed by atoms with Gasteiger partial charge < -0.3 is 0 Å². The average molecular weight is 159 g/mol. The molecule has 1 unspecified atom stereocenters. The van der Waals surface area contributed by atoms with Gasteiger partial charge in [0, 0.05) is 0 Å². The molecule has 0 aromatic carbocycles. The van der Waals surface area contributed by atoms with Crippen LogP contribution in [0.1, 0.15) is 51.9 Å². The van der Waals surface area contributed by atoms with Gasteiger partial charge in [0.25, 0.3) is 0 Å². The molecular weight excluding hydrogens is 139 g/mol. The van der Waals surface area contributed by atoms with Crippen LogP contribution in [0.4, 0.5) is 4.39 Å². The number of rotatable bonds is 7. The quantitative estimate of drug-likeness (QED) is 0.494. The molecule has 0 aliphatic rings. The van der Waals surface area contributed by atoms with Crippen molar-refractivity contribution in [2.75, 3.05) is 0 Å². The standard InChI is InChI=1S/C10H20F/c1-3-5-7-9-10(11)8-6-4-2/h10H,2-9H2,1H3. The van der Waals surface area contributed by atoms with E-state index in [2.05, 4.69) is 13.8 Å². The van der Waals surface area contributed by atoms with Gasteiger partial charge in [-0.1, -0.05) is 46.0 Å². The number of unbranched alkanes of at least 4 members (excludes halogenated alkanes) is 3. The molecule has 67 valence electrons. The summed E-state index contributed by atoms with van der Waals surface area (Å²) in [7, 11) is 0. The molecule has 0 amide bonds. The molecule has 0 aliphatic heterocycles. The fraction of sp³-hybridized carbons (Fsp3) is 0.900. The van der Waals surface area contributed by atoms with E-state index in [1.54, 1.807) is 0 Å². The van der Waals surface area contributed by atoms with Gasteiger partial charge in [-0.3, -0.25) is 0 Å². The lowest BCUT2D eigenvalue weighted by molar-refractivity contribution is 0.283. The van der Waals surface area contributed by atoms with Crippen molar-refractivity contribution in [3.8, 4) is 0 Å². The number of alkyl halides is 1. The molecular formula is C10H20F. The second kappa shape index (κ2) is 8.03. The van der Waals surface area contributed by atoms with Crippen LogP contribution in [0.5, 0.6) is 0 Å². The van der Waals surface area contributed by atoms with Gasteiger partial charge in [0.1, 0.15) is 6.17 Å². The number of halogens is 1. The van der Waals surface area contributed by atoms with Crippen LogP contribution in [0.2, 0.25) is 0 Å². The molecule has 0 spiro atoms. The minimum Gasteiger partial charge on any atom is -0.247 e.